The first-order valence-corrected chi connectivity index (χ1v) is 6.47. The van der Waals surface area contributed by atoms with Crippen LogP contribution in [0.2, 0.25) is 0 Å². The number of carbonyl (C=O) groups is 2. The van der Waals surface area contributed by atoms with Gasteiger partial charge in [-0.2, -0.15) is 0 Å². The van der Waals surface area contributed by atoms with Crippen LogP contribution in [0.15, 0.2) is 0 Å². The second kappa shape index (κ2) is 6.88. The normalized spacial score (nSPS) is 10.9. The average Bonchev–Trinajstić information content (AvgIpc) is 2.68. The Morgan fingerprint density at radius 1 is 1.35 bits per heavy atom. The van der Waals surface area contributed by atoms with E-state index in [4.69, 9.17) is 10.5 Å². The van der Waals surface area contributed by atoms with Gasteiger partial charge in [-0.15, -0.1) is 5.10 Å². The quantitative estimate of drug-likeness (QED) is 0.721. The Balaban J connectivity index is 2.67. The number of anilines is 1. The molecule has 0 saturated carbocycles. The molecule has 0 spiro atoms. The fourth-order valence-electron chi connectivity index (χ4n) is 1.36. The van der Waals surface area contributed by atoms with Gasteiger partial charge in [-0.1, -0.05) is 19.1 Å². The molecule has 0 atom stereocenters. The molecule has 20 heavy (non-hydrogen) atoms. The lowest BCUT2D eigenvalue weighted by Gasteiger charge is -2.08. The molecular weight excluding hydrogens is 262 g/mol. The number of esters is 1. The van der Waals surface area contributed by atoms with Crippen LogP contribution in [0.25, 0.3) is 0 Å². The van der Waals surface area contributed by atoms with Gasteiger partial charge in [-0.25, -0.2) is 9.48 Å². The largest absolute Gasteiger partial charge is 0.458 e. The molecule has 8 heteroatoms. The molecular formula is C12H21N5O3. The van der Waals surface area contributed by atoms with E-state index in [0.29, 0.717) is 12.5 Å². The fraction of sp³-hybridized carbons (Fsp3) is 0.667. The predicted molar refractivity (Wildman–Crippen MR) is 72.8 cm³/mol. The Hall–Kier alpha value is -2.12. The highest BCUT2D eigenvalue weighted by Gasteiger charge is 2.20. The van der Waals surface area contributed by atoms with Gasteiger partial charge in [-0.05, 0) is 19.8 Å². The van der Waals surface area contributed by atoms with Crippen LogP contribution in [-0.4, -0.2) is 39.5 Å². The van der Waals surface area contributed by atoms with Crippen molar-refractivity contribution in [1.29, 1.82) is 0 Å². The number of nitrogen functional groups attached to an aromatic ring is 1. The summed E-state index contributed by atoms with van der Waals surface area (Å²) in [7, 11) is 0. The maximum atomic E-state index is 11.7. The minimum atomic E-state index is -0.647. The molecule has 1 heterocycles. The first-order chi connectivity index (χ1) is 9.31. The number of hydrogen-bond donors (Lipinski definition) is 2. The maximum Gasteiger partial charge on any atom is 0.363 e. The van der Waals surface area contributed by atoms with Crippen molar-refractivity contribution in [3.63, 3.8) is 0 Å². The van der Waals surface area contributed by atoms with Gasteiger partial charge in [0.05, 0.1) is 6.10 Å². The highest BCUT2D eigenvalue weighted by Crippen LogP contribution is 2.10. The number of nitrogens with two attached hydrogens (primary N) is 1. The molecule has 0 aromatic carbocycles. The molecule has 0 unspecified atom stereocenters. The smallest absolute Gasteiger partial charge is 0.363 e. The number of carbonyl (C=O) groups excluding carboxylic acids is 2. The third kappa shape index (κ3) is 4.52. The number of rotatable bonds is 6. The van der Waals surface area contributed by atoms with Crippen LogP contribution in [0.4, 0.5) is 5.82 Å². The molecule has 1 rings (SSSR count). The second-order valence-corrected chi connectivity index (χ2v) is 5.13. The summed E-state index contributed by atoms with van der Waals surface area (Å²) in [5.41, 5.74) is 5.67. The van der Waals surface area contributed by atoms with Gasteiger partial charge < -0.3 is 15.8 Å². The van der Waals surface area contributed by atoms with E-state index in [1.807, 2.05) is 13.8 Å². The van der Waals surface area contributed by atoms with Crippen LogP contribution in [0, 0.1) is 5.92 Å². The summed E-state index contributed by atoms with van der Waals surface area (Å²) in [4.78, 5) is 23.3. The Morgan fingerprint density at radius 2 is 2.00 bits per heavy atom. The molecule has 0 radical (unpaired) electrons. The minimum Gasteiger partial charge on any atom is -0.458 e. The number of ether oxygens (including phenoxy) is 1. The van der Waals surface area contributed by atoms with Crippen molar-refractivity contribution < 1.29 is 14.3 Å². The van der Waals surface area contributed by atoms with Crippen molar-refractivity contribution in [2.24, 2.45) is 5.92 Å². The summed E-state index contributed by atoms with van der Waals surface area (Å²) in [5.74, 6) is -0.510. The number of aromatic nitrogens is 3. The van der Waals surface area contributed by atoms with Crippen molar-refractivity contribution >= 4 is 17.7 Å². The second-order valence-electron chi connectivity index (χ2n) is 5.13. The third-order valence-corrected chi connectivity index (χ3v) is 2.31. The SMILES string of the molecule is CC(C)CNC(=O)Cn1nnc(C(=O)OC(C)C)c1N. The van der Waals surface area contributed by atoms with E-state index in [1.54, 1.807) is 13.8 Å². The Labute approximate surface area is 117 Å². The van der Waals surface area contributed by atoms with Crippen LogP contribution in [-0.2, 0) is 16.1 Å². The zero-order valence-electron chi connectivity index (χ0n) is 12.2. The molecule has 0 fully saturated rings. The Morgan fingerprint density at radius 3 is 2.55 bits per heavy atom. The van der Waals surface area contributed by atoms with Gasteiger partial charge >= 0.3 is 5.97 Å². The fourth-order valence-corrected chi connectivity index (χ4v) is 1.36. The Bertz CT molecular complexity index is 481. The molecule has 1 aromatic heterocycles. The molecule has 0 aliphatic heterocycles. The molecule has 3 N–H and O–H groups in total. The van der Waals surface area contributed by atoms with E-state index >= 15 is 0 Å². The monoisotopic (exact) mass is 283 g/mol. The van der Waals surface area contributed by atoms with Gasteiger partial charge in [0.1, 0.15) is 6.54 Å². The first-order valence-electron chi connectivity index (χ1n) is 6.47. The zero-order valence-corrected chi connectivity index (χ0v) is 12.2. The van der Waals surface area contributed by atoms with Crippen LogP contribution in [0.3, 0.4) is 0 Å². The number of nitrogens with zero attached hydrogens (tertiary/aromatic N) is 3. The van der Waals surface area contributed by atoms with Crippen molar-refractivity contribution in [2.45, 2.75) is 40.3 Å². The van der Waals surface area contributed by atoms with E-state index in [-0.39, 0.29) is 30.1 Å². The van der Waals surface area contributed by atoms with Crippen LogP contribution < -0.4 is 11.1 Å². The van der Waals surface area contributed by atoms with E-state index < -0.39 is 5.97 Å². The molecule has 0 aliphatic carbocycles. The van der Waals surface area contributed by atoms with E-state index in [2.05, 4.69) is 15.6 Å². The van der Waals surface area contributed by atoms with Gasteiger partial charge in [0.15, 0.2) is 5.82 Å². The molecule has 112 valence electrons. The van der Waals surface area contributed by atoms with Crippen molar-refractivity contribution in [2.75, 3.05) is 12.3 Å². The standard InChI is InChI=1S/C12H21N5O3/c1-7(2)5-14-9(18)6-17-11(13)10(15-16-17)12(19)20-8(3)4/h7-8H,5-6,13H2,1-4H3,(H,14,18). The minimum absolute atomic E-state index is 0.0235. The Kier molecular flexibility index (Phi) is 5.48. The summed E-state index contributed by atoms with van der Waals surface area (Å²) in [6, 6.07) is 0. The number of amides is 1. The molecule has 8 nitrogen and oxygen atoms in total. The third-order valence-electron chi connectivity index (χ3n) is 2.31. The van der Waals surface area contributed by atoms with Crippen molar-refractivity contribution in [1.82, 2.24) is 20.3 Å². The summed E-state index contributed by atoms with van der Waals surface area (Å²) in [6.45, 7) is 7.90. The molecule has 1 amide bonds. The van der Waals surface area contributed by atoms with E-state index in [1.165, 1.54) is 4.68 Å². The lowest BCUT2D eigenvalue weighted by Crippen LogP contribution is -2.31. The van der Waals surface area contributed by atoms with Crippen LogP contribution >= 0.6 is 0 Å². The summed E-state index contributed by atoms with van der Waals surface area (Å²) < 4.78 is 6.15. The van der Waals surface area contributed by atoms with Crippen molar-refractivity contribution in [3.05, 3.63) is 5.69 Å². The molecule has 0 bridgehead atoms. The molecule has 0 aliphatic rings. The first kappa shape index (κ1) is 15.9. The molecule has 0 saturated heterocycles. The summed E-state index contributed by atoms with van der Waals surface area (Å²) >= 11 is 0. The van der Waals surface area contributed by atoms with Gasteiger partial charge in [0.25, 0.3) is 0 Å². The lowest BCUT2D eigenvalue weighted by molar-refractivity contribution is -0.122. The highest BCUT2D eigenvalue weighted by atomic mass is 16.5. The van der Waals surface area contributed by atoms with E-state index in [0.717, 1.165) is 0 Å². The summed E-state index contributed by atoms with van der Waals surface area (Å²) in [6.07, 6.45) is -0.276. The van der Waals surface area contributed by atoms with E-state index in [9.17, 15) is 9.59 Å². The lowest BCUT2D eigenvalue weighted by atomic mass is 10.2. The van der Waals surface area contributed by atoms with Gasteiger partial charge in [-0.3, -0.25) is 4.79 Å². The summed E-state index contributed by atoms with van der Waals surface area (Å²) in [5, 5.41) is 10.1. The predicted octanol–water partition coefficient (Wildman–Crippen LogP) is 0.198. The maximum absolute atomic E-state index is 11.7. The molecule has 1 aromatic rings. The van der Waals surface area contributed by atoms with Gasteiger partial charge in [0.2, 0.25) is 11.6 Å². The zero-order chi connectivity index (χ0) is 15.3. The average molecular weight is 283 g/mol. The topological polar surface area (TPSA) is 112 Å². The number of nitrogens with one attached hydrogen (secondary N) is 1. The van der Waals surface area contributed by atoms with Crippen molar-refractivity contribution in [3.8, 4) is 0 Å². The number of hydrogen-bond acceptors (Lipinski definition) is 6. The van der Waals surface area contributed by atoms with Crippen LogP contribution in [0.5, 0.6) is 0 Å². The highest BCUT2D eigenvalue weighted by molar-refractivity contribution is 5.92. The van der Waals surface area contributed by atoms with Gasteiger partial charge in [0, 0.05) is 6.54 Å². The van der Waals surface area contributed by atoms with Crippen LogP contribution in [0.1, 0.15) is 38.2 Å².